The molecule has 1 rings (SSSR count). The van der Waals surface area contributed by atoms with Crippen LogP contribution in [0.15, 0.2) is 24.3 Å². The van der Waals surface area contributed by atoms with E-state index in [4.69, 9.17) is 4.74 Å². The second-order valence-corrected chi connectivity index (χ2v) is 6.23. The average Bonchev–Trinajstić information content (AvgIpc) is 2.38. The summed E-state index contributed by atoms with van der Waals surface area (Å²) < 4.78 is 5.54. The van der Waals surface area contributed by atoms with Gasteiger partial charge in [-0.2, -0.15) is 0 Å². The summed E-state index contributed by atoms with van der Waals surface area (Å²) in [6.07, 6.45) is 2.31. The Labute approximate surface area is 118 Å². The summed E-state index contributed by atoms with van der Waals surface area (Å²) in [6.45, 7) is 8.91. The lowest BCUT2D eigenvalue weighted by molar-refractivity contribution is 0.0678. The Bertz CT molecular complexity index is 360. The molecule has 0 radical (unpaired) electrons. The van der Waals surface area contributed by atoms with Gasteiger partial charge >= 0.3 is 0 Å². The van der Waals surface area contributed by atoms with E-state index >= 15 is 0 Å². The number of benzene rings is 1. The SMILES string of the molecule is CCC(OC)C(Cc1ccc(C(C)(C)C)cc1)NC. The largest absolute Gasteiger partial charge is 0.380 e. The predicted molar refractivity (Wildman–Crippen MR) is 82.8 cm³/mol. The van der Waals surface area contributed by atoms with Crippen LogP contribution in [-0.2, 0) is 16.6 Å². The molecule has 0 aliphatic carbocycles. The number of rotatable bonds is 6. The van der Waals surface area contributed by atoms with Crippen LogP contribution >= 0.6 is 0 Å². The van der Waals surface area contributed by atoms with Crippen molar-refractivity contribution in [2.45, 2.75) is 58.1 Å². The molecule has 0 spiro atoms. The summed E-state index contributed by atoms with van der Waals surface area (Å²) in [7, 11) is 3.80. The lowest BCUT2D eigenvalue weighted by Crippen LogP contribution is -2.40. The van der Waals surface area contributed by atoms with Crippen molar-refractivity contribution in [3.05, 3.63) is 35.4 Å². The number of hydrogen-bond acceptors (Lipinski definition) is 2. The molecule has 1 aromatic carbocycles. The molecule has 0 fully saturated rings. The molecule has 0 aliphatic rings. The van der Waals surface area contributed by atoms with E-state index in [-0.39, 0.29) is 11.5 Å². The van der Waals surface area contributed by atoms with Crippen LogP contribution in [0, 0.1) is 0 Å². The van der Waals surface area contributed by atoms with Crippen LogP contribution in [0.1, 0.15) is 45.2 Å². The lowest BCUT2D eigenvalue weighted by Gasteiger charge is -2.25. The minimum Gasteiger partial charge on any atom is -0.380 e. The Kier molecular flexibility index (Phi) is 6.02. The molecule has 0 amide bonds. The molecule has 0 bridgehead atoms. The van der Waals surface area contributed by atoms with E-state index in [0.29, 0.717) is 6.04 Å². The van der Waals surface area contributed by atoms with E-state index in [0.717, 1.165) is 12.8 Å². The van der Waals surface area contributed by atoms with Crippen LogP contribution in [0.2, 0.25) is 0 Å². The smallest absolute Gasteiger partial charge is 0.0724 e. The fourth-order valence-corrected chi connectivity index (χ4v) is 2.43. The molecule has 0 heterocycles. The maximum absolute atomic E-state index is 5.54. The predicted octanol–water partition coefficient (Wildman–Crippen LogP) is 3.54. The maximum atomic E-state index is 5.54. The van der Waals surface area contributed by atoms with Gasteiger partial charge in [-0.25, -0.2) is 0 Å². The number of hydrogen-bond donors (Lipinski definition) is 1. The molecule has 2 heteroatoms. The van der Waals surface area contributed by atoms with Gasteiger partial charge in [0.1, 0.15) is 0 Å². The van der Waals surface area contributed by atoms with Crippen LogP contribution < -0.4 is 5.32 Å². The third-order valence-electron chi connectivity index (χ3n) is 3.80. The minimum atomic E-state index is 0.222. The molecular formula is C17H29NO. The van der Waals surface area contributed by atoms with E-state index in [1.165, 1.54) is 11.1 Å². The monoisotopic (exact) mass is 263 g/mol. The van der Waals surface area contributed by atoms with Crippen molar-refractivity contribution in [2.24, 2.45) is 0 Å². The fourth-order valence-electron chi connectivity index (χ4n) is 2.43. The van der Waals surface area contributed by atoms with E-state index in [9.17, 15) is 0 Å². The molecule has 108 valence electrons. The van der Waals surface area contributed by atoms with Gasteiger partial charge in [-0.1, -0.05) is 52.0 Å². The molecule has 19 heavy (non-hydrogen) atoms. The third kappa shape index (κ3) is 4.63. The van der Waals surface area contributed by atoms with Crippen molar-refractivity contribution in [2.75, 3.05) is 14.2 Å². The lowest BCUT2D eigenvalue weighted by atomic mass is 9.86. The maximum Gasteiger partial charge on any atom is 0.0724 e. The van der Waals surface area contributed by atoms with Gasteiger partial charge < -0.3 is 10.1 Å². The summed E-state index contributed by atoms with van der Waals surface area (Å²) >= 11 is 0. The molecule has 0 aliphatic heterocycles. The molecule has 0 saturated carbocycles. The summed E-state index contributed by atoms with van der Waals surface area (Å²) in [6, 6.07) is 9.35. The Morgan fingerprint density at radius 3 is 2.11 bits per heavy atom. The van der Waals surface area contributed by atoms with Gasteiger partial charge in [-0.05, 0) is 36.4 Å². The highest BCUT2D eigenvalue weighted by Crippen LogP contribution is 2.22. The summed E-state index contributed by atoms with van der Waals surface area (Å²) in [5.74, 6) is 0. The van der Waals surface area contributed by atoms with E-state index in [1.54, 1.807) is 7.11 Å². The van der Waals surface area contributed by atoms with Crippen LogP contribution in [0.5, 0.6) is 0 Å². The van der Waals surface area contributed by atoms with Crippen molar-refractivity contribution in [3.63, 3.8) is 0 Å². The van der Waals surface area contributed by atoms with Gasteiger partial charge in [0.25, 0.3) is 0 Å². The zero-order valence-electron chi connectivity index (χ0n) is 13.3. The zero-order valence-corrected chi connectivity index (χ0v) is 13.3. The van der Waals surface area contributed by atoms with Gasteiger partial charge in [0.05, 0.1) is 6.10 Å². The van der Waals surface area contributed by atoms with Crippen LogP contribution in [-0.4, -0.2) is 26.3 Å². The Morgan fingerprint density at radius 2 is 1.74 bits per heavy atom. The van der Waals surface area contributed by atoms with E-state index in [1.807, 2.05) is 7.05 Å². The first-order valence-corrected chi connectivity index (χ1v) is 7.21. The second kappa shape index (κ2) is 7.06. The third-order valence-corrected chi connectivity index (χ3v) is 3.80. The highest BCUT2D eigenvalue weighted by Gasteiger charge is 2.19. The summed E-state index contributed by atoms with van der Waals surface area (Å²) in [4.78, 5) is 0. The average molecular weight is 263 g/mol. The topological polar surface area (TPSA) is 21.3 Å². The Morgan fingerprint density at radius 1 is 1.16 bits per heavy atom. The highest BCUT2D eigenvalue weighted by molar-refractivity contribution is 5.28. The first-order chi connectivity index (χ1) is 8.92. The summed E-state index contributed by atoms with van der Waals surface area (Å²) in [5, 5.41) is 3.37. The molecule has 1 N–H and O–H groups in total. The summed E-state index contributed by atoms with van der Waals surface area (Å²) in [5.41, 5.74) is 2.97. The molecule has 2 atom stereocenters. The molecule has 0 saturated heterocycles. The number of methoxy groups -OCH3 is 1. The van der Waals surface area contributed by atoms with Crippen LogP contribution in [0.3, 0.4) is 0 Å². The van der Waals surface area contributed by atoms with Crippen LogP contribution in [0.4, 0.5) is 0 Å². The standard InChI is InChI=1S/C17H29NO/c1-7-16(19-6)15(18-5)12-13-8-10-14(11-9-13)17(2,3)4/h8-11,15-16,18H,7,12H2,1-6H3. The Balaban J connectivity index is 2.76. The Hall–Kier alpha value is -0.860. The van der Waals surface area contributed by atoms with Gasteiger partial charge in [-0.15, -0.1) is 0 Å². The minimum absolute atomic E-state index is 0.222. The first kappa shape index (κ1) is 16.2. The van der Waals surface area contributed by atoms with Crippen molar-refractivity contribution in [1.29, 1.82) is 0 Å². The number of ether oxygens (including phenoxy) is 1. The van der Waals surface area contributed by atoms with E-state index < -0.39 is 0 Å². The highest BCUT2D eigenvalue weighted by atomic mass is 16.5. The zero-order chi connectivity index (χ0) is 14.5. The van der Waals surface area contributed by atoms with E-state index in [2.05, 4.69) is 57.3 Å². The van der Waals surface area contributed by atoms with Crippen molar-refractivity contribution in [3.8, 4) is 0 Å². The number of nitrogens with one attached hydrogen (secondary N) is 1. The second-order valence-electron chi connectivity index (χ2n) is 6.23. The van der Waals surface area contributed by atoms with Gasteiger partial charge in [0.15, 0.2) is 0 Å². The number of likely N-dealkylation sites (N-methyl/N-ethyl adjacent to an activating group) is 1. The fraction of sp³-hybridized carbons (Fsp3) is 0.647. The quantitative estimate of drug-likeness (QED) is 0.847. The van der Waals surface area contributed by atoms with Gasteiger partial charge in [0, 0.05) is 13.2 Å². The molecule has 1 aromatic rings. The molecule has 0 aromatic heterocycles. The first-order valence-electron chi connectivity index (χ1n) is 7.21. The van der Waals surface area contributed by atoms with Gasteiger partial charge in [-0.3, -0.25) is 0 Å². The normalized spacial score (nSPS) is 15.3. The van der Waals surface area contributed by atoms with Crippen molar-refractivity contribution >= 4 is 0 Å². The van der Waals surface area contributed by atoms with Crippen LogP contribution in [0.25, 0.3) is 0 Å². The molecule has 2 nitrogen and oxygen atoms in total. The molecular weight excluding hydrogens is 234 g/mol. The van der Waals surface area contributed by atoms with Gasteiger partial charge in [0.2, 0.25) is 0 Å². The van der Waals surface area contributed by atoms with Crippen molar-refractivity contribution in [1.82, 2.24) is 5.32 Å². The molecule has 2 unspecified atom stereocenters. The van der Waals surface area contributed by atoms with Crippen molar-refractivity contribution < 1.29 is 4.74 Å².